The Kier molecular flexibility index (Phi) is 6.48. The maximum absolute atomic E-state index is 5.06. The highest BCUT2D eigenvalue weighted by molar-refractivity contribution is 5.83. The van der Waals surface area contributed by atoms with Crippen molar-refractivity contribution in [2.75, 3.05) is 11.9 Å². The Hall–Kier alpha value is -5.02. The van der Waals surface area contributed by atoms with E-state index in [9.17, 15) is 0 Å². The number of hydrogen-bond donors (Lipinski definition) is 0. The third-order valence-electron chi connectivity index (χ3n) is 6.73. The summed E-state index contributed by atoms with van der Waals surface area (Å²) >= 11 is 0. The van der Waals surface area contributed by atoms with Gasteiger partial charge in [0.25, 0.3) is 0 Å². The Morgan fingerprint density at radius 1 is 0.368 bits per heavy atom. The van der Waals surface area contributed by atoms with Gasteiger partial charge in [0, 0.05) is 18.2 Å². The lowest BCUT2D eigenvalue weighted by molar-refractivity contribution is 1.08. The van der Waals surface area contributed by atoms with Gasteiger partial charge in [0.15, 0.2) is 0 Å². The molecule has 0 bridgehead atoms. The van der Waals surface area contributed by atoms with Gasteiger partial charge in [-0.3, -0.25) is 0 Å². The monoisotopic (exact) mass is 489 g/mol. The number of anilines is 2. The van der Waals surface area contributed by atoms with E-state index in [0.29, 0.717) is 0 Å². The molecule has 0 atom stereocenters. The lowest BCUT2D eigenvalue weighted by Crippen LogP contribution is -2.13. The molecule has 0 aliphatic carbocycles. The van der Waals surface area contributed by atoms with Gasteiger partial charge < -0.3 is 4.90 Å². The second-order valence-electron chi connectivity index (χ2n) is 9.14. The maximum atomic E-state index is 5.06. The number of benzene rings is 4. The summed E-state index contributed by atoms with van der Waals surface area (Å²) in [7, 11) is 2.02. The molecule has 0 radical (unpaired) electrons. The highest BCUT2D eigenvalue weighted by Gasteiger charge is 2.14. The third-order valence-corrected chi connectivity index (χ3v) is 6.73. The minimum Gasteiger partial charge on any atom is -0.314 e. The summed E-state index contributed by atoms with van der Waals surface area (Å²) in [5, 5.41) is 0. The Labute approximate surface area is 223 Å². The van der Waals surface area contributed by atoms with Crippen LogP contribution in [0.5, 0.6) is 0 Å². The zero-order valence-corrected chi connectivity index (χ0v) is 21.2. The topological polar surface area (TPSA) is 29.0 Å². The van der Waals surface area contributed by atoms with Gasteiger partial charge in [-0.2, -0.15) is 0 Å². The average molecular weight is 490 g/mol. The molecule has 6 aromatic rings. The fourth-order valence-corrected chi connectivity index (χ4v) is 4.79. The van der Waals surface area contributed by atoms with Crippen molar-refractivity contribution in [1.82, 2.24) is 9.97 Å². The fourth-order valence-electron chi connectivity index (χ4n) is 4.79. The predicted molar refractivity (Wildman–Crippen MR) is 158 cm³/mol. The first-order valence-electron chi connectivity index (χ1n) is 12.8. The first-order valence-corrected chi connectivity index (χ1v) is 12.8. The van der Waals surface area contributed by atoms with E-state index in [1.54, 1.807) is 0 Å². The molecule has 38 heavy (non-hydrogen) atoms. The van der Waals surface area contributed by atoms with Gasteiger partial charge in [0.2, 0.25) is 0 Å². The van der Waals surface area contributed by atoms with Crippen LogP contribution in [0.15, 0.2) is 146 Å². The first-order chi connectivity index (χ1) is 18.8. The lowest BCUT2D eigenvalue weighted by Gasteiger charge is -2.20. The van der Waals surface area contributed by atoms with E-state index < -0.39 is 0 Å². The van der Waals surface area contributed by atoms with Crippen molar-refractivity contribution in [2.24, 2.45) is 0 Å². The molecule has 182 valence electrons. The number of nitrogens with zero attached hydrogens (tertiary/aromatic N) is 3. The summed E-state index contributed by atoms with van der Waals surface area (Å²) in [6.07, 6.45) is 0. The summed E-state index contributed by atoms with van der Waals surface area (Å²) < 4.78 is 0. The molecule has 0 aliphatic heterocycles. The highest BCUT2D eigenvalue weighted by Crippen LogP contribution is 2.34. The van der Waals surface area contributed by atoms with Crippen molar-refractivity contribution in [1.29, 1.82) is 0 Å². The normalized spacial score (nSPS) is 10.8. The van der Waals surface area contributed by atoms with E-state index in [0.717, 1.165) is 45.3 Å². The quantitative estimate of drug-likeness (QED) is 0.234. The molecule has 0 spiro atoms. The standard InChI is InChI=1S/C35H27N3/c1-38(34-24-12-22-32(36-34)30-20-10-8-18-28(30)26-14-4-2-5-15-26)35-25-13-23-33(37-35)31-21-11-9-19-29(31)27-16-6-3-7-17-27/h2-25H,1H3. The molecule has 0 aliphatic rings. The first kappa shape index (κ1) is 23.4. The van der Waals surface area contributed by atoms with Crippen LogP contribution in [0.1, 0.15) is 0 Å². The zero-order chi connectivity index (χ0) is 25.7. The van der Waals surface area contributed by atoms with Gasteiger partial charge >= 0.3 is 0 Å². The van der Waals surface area contributed by atoms with Crippen molar-refractivity contribution in [2.45, 2.75) is 0 Å². The predicted octanol–water partition coefficient (Wildman–Crippen LogP) is 8.91. The summed E-state index contributed by atoms with van der Waals surface area (Å²) in [6.45, 7) is 0. The summed E-state index contributed by atoms with van der Waals surface area (Å²) in [5.74, 6) is 1.68. The number of rotatable bonds is 6. The average Bonchev–Trinajstić information content (AvgIpc) is 3.02. The molecule has 3 nitrogen and oxygen atoms in total. The molecular weight excluding hydrogens is 462 g/mol. The molecule has 0 saturated heterocycles. The van der Waals surface area contributed by atoms with E-state index in [2.05, 4.69) is 121 Å². The Morgan fingerprint density at radius 3 is 1.16 bits per heavy atom. The molecule has 0 unspecified atom stereocenters. The highest BCUT2D eigenvalue weighted by atomic mass is 15.2. The molecule has 0 N–H and O–H groups in total. The number of hydrogen-bond acceptors (Lipinski definition) is 3. The molecule has 0 amide bonds. The van der Waals surface area contributed by atoms with E-state index in [1.165, 1.54) is 11.1 Å². The van der Waals surface area contributed by atoms with Crippen LogP contribution in [0, 0.1) is 0 Å². The van der Waals surface area contributed by atoms with Crippen molar-refractivity contribution in [3.63, 3.8) is 0 Å². The Balaban J connectivity index is 1.36. The SMILES string of the molecule is CN(c1cccc(-c2ccccc2-c2ccccc2)n1)c1cccc(-c2ccccc2-c2ccccc2)n1. The van der Waals surface area contributed by atoms with Crippen LogP contribution in [0.25, 0.3) is 44.8 Å². The molecule has 4 aromatic carbocycles. The minimum atomic E-state index is 0.839. The largest absolute Gasteiger partial charge is 0.314 e. The van der Waals surface area contributed by atoms with Gasteiger partial charge in [0.1, 0.15) is 11.6 Å². The molecule has 3 heteroatoms. The maximum Gasteiger partial charge on any atom is 0.134 e. The fraction of sp³-hybridized carbons (Fsp3) is 0.0286. The summed E-state index contributed by atoms with van der Waals surface area (Å²) in [6, 6.07) is 50.1. The molecule has 2 aromatic heterocycles. The number of aromatic nitrogens is 2. The molecule has 0 fully saturated rings. The van der Waals surface area contributed by atoms with Gasteiger partial charge in [-0.15, -0.1) is 0 Å². The Morgan fingerprint density at radius 2 is 0.737 bits per heavy atom. The second-order valence-corrected chi connectivity index (χ2v) is 9.14. The Bertz CT molecular complexity index is 1550. The lowest BCUT2D eigenvalue weighted by atomic mass is 9.97. The molecular formula is C35H27N3. The van der Waals surface area contributed by atoms with E-state index in [1.807, 2.05) is 36.2 Å². The van der Waals surface area contributed by atoms with Crippen LogP contribution in [0.4, 0.5) is 11.6 Å². The van der Waals surface area contributed by atoms with E-state index in [4.69, 9.17) is 9.97 Å². The zero-order valence-electron chi connectivity index (χ0n) is 21.2. The molecule has 2 heterocycles. The van der Waals surface area contributed by atoms with Crippen LogP contribution in [-0.4, -0.2) is 17.0 Å². The van der Waals surface area contributed by atoms with Crippen LogP contribution < -0.4 is 4.90 Å². The van der Waals surface area contributed by atoms with Crippen LogP contribution >= 0.6 is 0 Å². The van der Waals surface area contributed by atoms with Crippen LogP contribution in [0.3, 0.4) is 0 Å². The van der Waals surface area contributed by atoms with Crippen LogP contribution in [0.2, 0.25) is 0 Å². The molecule has 0 saturated carbocycles. The smallest absolute Gasteiger partial charge is 0.134 e. The van der Waals surface area contributed by atoms with Gasteiger partial charge in [-0.1, -0.05) is 121 Å². The van der Waals surface area contributed by atoms with Crippen molar-refractivity contribution in [3.8, 4) is 44.8 Å². The summed E-state index contributed by atoms with van der Waals surface area (Å²) in [4.78, 5) is 12.2. The third kappa shape index (κ3) is 4.70. The van der Waals surface area contributed by atoms with Crippen molar-refractivity contribution in [3.05, 3.63) is 146 Å². The van der Waals surface area contributed by atoms with Crippen molar-refractivity contribution >= 4 is 11.6 Å². The van der Waals surface area contributed by atoms with Gasteiger partial charge in [-0.05, 0) is 46.5 Å². The number of pyridine rings is 2. The van der Waals surface area contributed by atoms with Gasteiger partial charge in [-0.25, -0.2) is 9.97 Å². The van der Waals surface area contributed by atoms with Crippen LogP contribution in [-0.2, 0) is 0 Å². The van der Waals surface area contributed by atoms with Crippen molar-refractivity contribution < 1.29 is 0 Å². The van der Waals surface area contributed by atoms with Gasteiger partial charge in [0.05, 0.1) is 11.4 Å². The minimum absolute atomic E-state index is 0.839. The van der Waals surface area contributed by atoms with E-state index >= 15 is 0 Å². The second kappa shape index (κ2) is 10.5. The summed E-state index contributed by atoms with van der Waals surface area (Å²) in [5.41, 5.74) is 8.75. The molecule has 6 rings (SSSR count). The van der Waals surface area contributed by atoms with E-state index in [-0.39, 0.29) is 0 Å².